The van der Waals surface area contributed by atoms with Crippen LogP contribution in [0.4, 0.5) is 0 Å². The highest BCUT2D eigenvalue weighted by Crippen LogP contribution is 2.25. The molecule has 0 bridgehead atoms. The number of hydroxylamine groups is 3. The molecule has 0 atom stereocenters. The van der Waals surface area contributed by atoms with E-state index in [0.29, 0.717) is 0 Å². The molecule has 12 heavy (non-hydrogen) atoms. The first-order valence-corrected chi connectivity index (χ1v) is 4.91. The topological polar surface area (TPSA) is 23.1 Å². The highest BCUT2D eigenvalue weighted by molar-refractivity contribution is 4.69. The maximum atomic E-state index is 11.7. The van der Waals surface area contributed by atoms with E-state index < -0.39 is 0 Å². The Hall–Kier alpha value is -0.340. The molecule has 0 saturated carbocycles. The molecule has 1 saturated heterocycles. The molecule has 1 aliphatic rings. The largest absolute Gasteiger partial charge is 0.628 e. The van der Waals surface area contributed by atoms with Crippen LogP contribution in [0.1, 0.15) is 32.6 Å². The van der Waals surface area contributed by atoms with Crippen molar-refractivity contribution in [2.75, 3.05) is 13.1 Å². The summed E-state index contributed by atoms with van der Waals surface area (Å²) < 4.78 is -0.166. The third-order valence-electron chi connectivity index (χ3n) is 2.86. The SMILES string of the molecule is C=C[N+]1([O-])CCC(CCC)CC1. The maximum Gasteiger partial charge on any atom is 0.0885 e. The van der Waals surface area contributed by atoms with E-state index in [1.165, 1.54) is 12.8 Å². The van der Waals surface area contributed by atoms with Gasteiger partial charge in [0.15, 0.2) is 0 Å². The first-order chi connectivity index (χ1) is 5.70. The summed E-state index contributed by atoms with van der Waals surface area (Å²) in [6.45, 7) is 7.29. The van der Waals surface area contributed by atoms with Crippen molar-refractivity contribution in [3.8, 4) is 0 Å². The van der Waals surface area contributed by atoms with Crippen LogP contribution < -0.4 is 0 Å². The van der Waals surface area contributed by atoms with E-state index in [1.54, 1.807) is 6.20 Å². The number of nitrogens with zero attached hydrogens (tertiary/aromatic N) is 1. The normalized spacial score (nSPS) is 36.3. The molecule has 0 amide bonds. The second-order valence-electron chi connectivity index (χ2n) is 3.81. The van der Waals surface area contributed by atoms with Gasteiger partial charge in [0.2, 0.25) is 0 Å². The van der Waals surface area contributed by atoms with Crippen LogP contribution in [0.5, 0.6) is 0 Å². The average Bonchev–Trinajstić information content (AvgIpc) is 2.10. The van der Waals surface area contributed by atoms with E-state index in [2.05, 4.69) is 13.5 Å². The van der Waals surface area contributed by atoms with Crippen molar-refractivity contribution in [1.82, 2.24) is 0 Å². The molecule has 1 rings (SSSR count). The lowest BCUT2D eigenvalue weighted by Crippen LogP contribution is -2.43. The predicted molar refractivity (Wildman–Crippen MR) is 51.2 cm³/mol. The Morgan fingerprint density at radius 2 is 2.08 bits per heavy atom. The van der Waals surface area contributed by atoms with Crippen molar-refractivity contribution >= 4 is 0 Å². The lowest BCUT2D eigenvalue weighted by molar-refractivity contribution is -0.835. The van der Waals surface area contributed by atoms with Gasteiger partial charge in [-0.2, -0.15) is 0 Å². The van der Waals surface area contributed by atoms with Gasteiger partial charge >= 0.3 is 0 Å². The zero-order chi connectivity index (χ0) is 9.03. The molecule has 0 unspecified atom stereocenters. The van der Waals surface area contributed by atoms with E-state index in [0.717, 1.165) is 31.8 Å². The summed E-state index contributed by atoms with van der Waals surface area (Å²) in [5, 5.41) is 11.7. The molecule has 0 radical (unpaired) electrons. The highest BCUT2D eigenvalue weighted by atomic mass is 16.5. The fraction of sp³-hybridized carbons (Fsp3) is 0.800. The van der Waals surface area contributed by atoms with Crippen LogP contribution in [0.2, 0.25) is 0 Å². The number of hydrogen-bond donors (Lipinski definition) is 0. The Kier molecular flexibility index (Phi) is 3.29. The van der Waals surface area contributed by atoms with Crippen LogP contribution in [0.15, 0.2) is 12.8 Å². The Bertz CT molecular complexity index is 148. The molecule has 0 aromatic heterocycles. The molecule has 0 N–H and O–H groups in total. The lowest BCUT2D eigenvalue weighted by atomic mass is 9.92. The van der Waals surface area contributed by atoms with Gasteiger partial charge in [-0.1, -0.05) is 19.8 Å². The molecule has 1 fully saturated rings. The van der Waals surface area contributed by atoms with Crippen molar-refractivity contribution in [2.45, 2.75) is 32.6 Å². The van der Waals surface area contributed by atoms with Gasteiger partial charge in [-0.25, -0.2) is 0 Å². The predicted octanol–water partition coefficient (Wildman–Crippen LogP) is 2.65. The van der Waals surface area contributed by atoms with Gasteiger partial charge in [0.05, 0.1) is 19.3 Å². The average molecular weight is 169 g/mol. The van der Waals surface area contributed by atoms with Gasteiger partial charge in [-0.3, -0.25) is 0 Å². The van der Waals surface area contributed by atoms with Crippen LogP contribution in [0, 0.1) is 11.1 Å². The van der Waals surface area contributed by atoms with E-state index in [1.807, 2.05) is 0 Å². The van der Waals surface area contributed by atoms with Crippen LogP contribution in [0.3, 0.4) is 0 Å². The zero-order valence-electron chi connectivity index (χ0n) is 7.96. The Morgan fingerprint density at radius 1 is 1.50 bits per heavy atom. The molecule has 1 heterocycles. The molecule has 0 aliphatic carbocycles. The summed E-state index contributed by atoms with van der Waals surface area (Å²) in [5.74, 6) is 0.801. The fourth-order valence-corrected chi connectivity index (χ4v) is 1.94. The molecule has 70 valence electrons. The summed E-state index contributed by atoms with van der Waals surface area (Å²) in [6.07, 6.45) is 6.25. The number of likely N-dealkylation sites (tertiary alicyclic amines) is 1. The van der Waals surface area contributed by atoms with Gasteiger partial charge in [0.1, 0.15) is 0 Å². The minimum Gasteiger partial charge on any atom is -0.628 e. The van der Waals surface area contributed by atoms with Gasteiger partial charge in [0.25, 0.3) is 0 Å². The molecular weight excluding hydrogens is 150 g/mol. The number of hydrogen-bond acceptors (Lipinski definition) is 1. The van der Waals surface area contributed by atoms with E-state index >= 15 is 0 Å². The minimum absolute atomic E-state index is 0.166. The van der Waals surface area contributed by atoms with E-state index in [4.69, 9.17) is 0 Å². The smallest absolute Gasteiger partial charge is 0.0885 e. The van der Waals surface area contributed by atoms with Crippen molar-refractivity contribution in [1.29, 1.82) is 0 Å². The third-order valence-corrected chi connectivity index (χ3v) is 2.86. The van der Waals surface area contributed by atoms with Gasteiger partial charge < -0.3 is 9.85 Å². The molecule has 0 aromatic carbocycles. The summed E-state index contributed by atoms with van der Waals surface area (Å²) in [7, 11) is 0. The Morgan fingerprint density at radius 3 is 2.50 bits per heavy atom. The monoisotopic (exact) mass is 169 g/mol. The summed E-state index contributed by atoms with van der Waals surface area (Å²) in [4.78, 5) is 0. The number of rotatable bonds is 3. The first-order valence-electron chi connectivity index (χ1n) is 4.91. The lowest BCUT2D eigenvalue weighted by Gasteiger charge is -2.44. The van der Waals surface area contributed by atoms with Crippen LogP contribution in [0.25, 0.3) is 0 Å². The Balaban J connectivity index is 2.33. The second-order valence-corrected chi connectivity index (χ2v) is 3.81. The van der Waals surface area contributed by atoms with Gasteiger partial charge in [0, 0.05) is 12.8 Å². The van der Waals surface area contributed by atoms with Gasteiger partial charge in [-0.15, -0.1) is 0 Å². The first kappa shape index (κ1) is 9.75. The molecule has 0 spiro atoms. The molecular formula is C10H19NO. The van der Waals surface area contributed by atoms with Crippen LogP contribution >= 0.6 is 0 Å². The second kappa shape index (κ2) is 4.06. The standard InChI is InChI=1S/C10H19NO/c1-3-5-10-6-8-11(12,4-2)9-7-10/h4,10H,2-3,5-9H2,1H3. The molecule has 0 aromatic rings. The van der Waals surface area contributed by atoms with E-state index in [9.17, 15) is 5.21 Å². The zero-order valence-corrected chi connectivity index (χ0v) is 7.96. The highest BCUT2D eigenvalue weighted by Gasteiger charge is 2.23. The van der Waals surface area contributed by atoms with Crippen molar-refractivity contribution in [3.63, 3.8) is 0 Å². The third kappa shape index (κ3) is 2.32. The number of piperidine rings is 1. The fourth-order valence-electron chi connectivity index (χ4n) is 1.94. The van der Waals surface area contributed by atoms with Crippen LogP contribution in [-0.4, -0.2) is 17.7 Å². The van der Waals surface area contributed by atoms with Crippen LogP contribution in [-0.2, 0) is 0 Å². The summed E-state index contributed by atoms with van der Waals surface area (Å²) in [5.41, 5.74) is 0. The Labute approximate surface area is 75.0 Å². The van der Waals surface area contributed by atoms with E-state index in [-0.39, 0.29) is 4.65 Å². The quantitative estimate of drug-likeness (QED) is 0.470. The molecule has 2 nitrogen and oxygen atoms in total. The summed E-state index contributed by atoms with van der Waals surface area (Å²) in [6, 6.07) is 0. The molecule has 1 aliphatic heterocycles. The van der Waals surface area contributed by atoms with Crippen molar-refractivity contribution in [2.24, 2.45) is 5.92 Å². The summed E-state index contributed by atoms with van der Waals surface area (Å²) >= 11 is 0. The minimum atomic E-state index is -0.166. The number of quaternary nitrogens is 1. The maximum absolute atomic E-state index is 11.7. The van der Waals surface area contributed by atoms with Gasteiger partial charge in [-0.05, 0) is 12.5 Å². The van der Waals surface area contributed by atoms with Crippen molar-refractivity contribution in [3.05, 3.63) is 18.0 Å². The van der Waals surface area contributed by atoms with Crippen molar-refractivity contribution < 1.29 is 4.65 Å². The molecule has 2 heteroatoms.